The number of aromatic nitrogens is 1. The van der Waals surface area contributed by atoms with E-state index in [1.54, 1.807) is 11.3 Å². The fraction of sp³-hybridized carbons (Fsp3) is 0.400. The van der Waals surface area contributed by atoms with E-state index >= 15 is 0 Å². The summed E-state index contributed by atoms with van der Waals surface area (Å²) in [7, 11) is 0. The van der Waals surface area contributed by atoms with E-state index in [4.69, 9.17) is 4.98 Å². The molecule has 0 atom stereocenters. The Morgan fingerprint density at radius 3 is 2.71 bits per heavy atom. The number of halogens is 2. The lowest BCUT2D eigenvalue weighted by molar-refractivity contribution is 0.231. The van der Waals surface area contributed by atoms with Gasteiger partial charge in [-0.05, 0) is 13.0 Å². The average molecular weight is 346 g/mol. The van der Waals surface area contributed by atoms with Crippen LogP contribution in [0.3, 0.4) is 0 Å². The second-order valence-electron chi connectivity index (χ2n) is 5.04. The van der Waals surface area contributed by atoms with Crippen molar-refractivity contribution in [3.05, 3.63) is 40.9 Å². The van der Waals surface area contributed by atoms with Crippen LogP contribution in [0.15, 0.2) is 29.6 Å². The molecule has 2 aromatic rings. The lowest BCUT2D eigenvalue weighted by atomic mass is 10.1. The summed E-state index contributed by atoms with van der Waals surface area (Å²) in [5, 5.41) is 6.71. The van der Waals surface area contributed by atoms with Crippen molar-refractivity contribution in [1.82, 2.24) is 15.2 Å². The minimum Gasteiger partial charge on any atom is -0.314 e. The monoisotopic (exact) mass is 345 g/mol. The number of nitrogens with one attached hydrogen (secondary N) is 1. The summed E-state index contributed by atoms with van der Waals surface area (Å²) >= 11 is 1.75. The Bertz CT molecular complexity index is 553. The lowest BCUT2D eigenvalue weighted by Gasteiger charge is -2.26. The molecule has 1 saturated heterocycles. The largest absolute Gasteiger partial charge is 0.314 e. The molecular weight excluding hydrogens is 325 g/mol. The quantitative estimate of drug-likeness (QED) is 0.924. The molecule has 1 aliphatic heterocycles. The van der Waals surface area contributed by atoms with Gasteiger partial charge >= 0.3 is 0 Å². The van der Waals surface area contributed by atoms with E-state index in [1.165, 1.54) is 16.8 Å². The third-order valence-electron chi connectivity index (χ3n) is 3.41. The zero-order valence-corrected chi connectivity index (χ0v) is 14.5. The number of aryl methyl sites for hydroxylation is 1. The number of thiazole rings is 1. The number of rotatable bonds is 3. The highest BCUT2D eigenvalue weighted by molar-refractivity contribution is 7.13. The molecule has 6 heteroatoms. The molecule has 116 valence electrons. The van der Waals surface area contributed by atoms with Crippen molar-refractivity contribution in [2.24, 2.45) is 0 Å². The van der Waals surface area contributed by atoms with E-state index in [2.05, 4.69) is 46.8 Å². The lowest BCUT2D eigenvalue weighted by Crippen LogP contribution is -2.42. The maximum Gasteiger partial charge on any atom is 0.123 e. The minimum atomic E-state index is 0. The molecule has 1 aromatic carbocycles. The first-order valence-electron chi connectivity index (χ1n) is 6.76. The molecule has 3 nitrogen and oxygen atoms in total. The van der Waals surface area contributed by atoms with Gasteiger partial charge < -0.3 is 5.32 Å². The van der Waals surface area contributed by atoms with E-state index in [0.29, 0.717) is 0 Å². The number of piperazine rings is 1. The standard InChI is InChI=1S/C15H19N3S.2ClH/c1-12-3-2-4-13(9-12)15-17-14(11-19-15)10-18-7-5-16-6-8-18;;/h2-4,9,11,16H,5-8,10H2,1H3;2*1H. The zero-order valence-electron chi connectivity index (χ0n) is 12.0. The van der Waals surface area contributed by atoms with E-state index in [9.17, 15) is 0 Å². The molecular formula is C15H21Cl2N3S. The Morgan fingerprint density at radius 2 is 2.00 bits per heavy atom. The van der Waals surface area contributed by atoms with Gasteiger partial charge in [-0.3, -0.25) is 4.90 Å². The zero-order chi connectivity index (χ0) is 13.1. The van der Waals surface area contributed by atoms with E-state index in [-0.39, 0.29) is 24.8 Å². The smallest absolute Gasteiger partial charge is 0.123 e. The van der Waals surface area contributed by atoms with Crippen LogP contribution in [-0.2, 0) is 6.54 Å². The molecule has 1 N–H and O–H groups in total. The molecule has 21 heavy (non-hydrogen) atoms. The Morgan fingerprint density at radius 1 is 1.24 bits per heavy atom. The van der Waals surface area contributed by atoms with Crippen molar-refractivity contribution in [3.63, 3.8) is 0 Å². The normalized spacial score (nSPS) is 15.1. The molecule has 0 bridgehead atoms. The topological polar surface area (TPSA) is 28.2 Å². The van der Waals surface area contributed by atoms with Gasteiger partial charge in [0.05, 0.1) is 5.69 Å². The van der Waals surface area contributed by atoms with Gasteiger partial charge in [0.25, 0.3) is 0 Å². The summed E-state index contributed by atoms with van der Waals surface area (Å²) in [6.45, 7) is 7.53. The van der Waals surface area contributed by atoms with Crippen LogP contribution in [0.4, 0.5) is 0 Å². The molecule has 1 aromatic heterocycles. The van der Waals surface area contributed by atoms with E-state index in [0.717, 1.165) is 37.7 Å². The number of hydrogen-bond acceptors (Lipinski definition) is 4. The molecule has 1 fully saturated rings. The third kappa shape index (κ3) is 4.94. The average Bonchev–Trinajstić information content (AvgIpc) is 2.88. The van der Waals surface area contributed by atoms with Gasteiger partial charge in [0.15, 0.2) is 0 Å². The van der Waals surface area contributed by atoms with Gasteiger partial charge in [0.1, 0.15) is 5.01 Å². The molecule has 2 heterocycles. The minimum absolute atomic E-state index is 0. The van der Waals surface area contributed by atoms with Crippen molar-refractivity contribution in [2.75, 3.05) is 26.2 Å². The van der Waals surface area contributed by atoms with Crippen molar-refractivity contribution >= 4 is 36.2 Å². The van der Waals surface area contributed by atoms with Crippen molar-refractivity contribution in [1.29, 1.82) is 0 Å². The first kappa shape index (κ1) is 18.4. The number of hydrogen-bond donors (Lipinski definition) is 1. The van der Waals surface area contributed by atoms with Crippen molar-refractivity contribution < 1.29 is 0 Å². The van der Waals surface area contributed by atoms with Crippen molar-refractivity contribution in [3.8, 4) is 10.6 Å². The highest BCUT2D eigenvalue weighted by atomic mass is 35.5. The van der Waals surface area contributed by atoms with Gasteiger partial charge in [-0.2, -0.15) is 0 Å². The summed E-state index contributed by atoms with van der Waals surface area (Å²) in [5.74, 6) is 0. The fourth-order valence-corrected chi connectivity index (χ4v) is 3.20. The van der Waals surface area contributed by atoms with Crippen molar-refractivity contribution in [2.45, 2.75) is 13.5 Å². The molecule has 0 radical (unpaired) electrons. The molecule has 0 aliphatic carbocycles. The van der Waals surface area contributed by atoms with Crippen LogP contribution in [0.2, 0.25) is 0 Å². The van der Waals surface area contributed by atoms with Gasteiger partial charge in [-0.1, -0.05) is 23.8 Å². The molecule has 1 aliphatic rings. The first-order chi connectivity index (χ1) is 9.31. The van der Waals surface area contributed by atoms with Crippen LogP contribution in [0.1, 0.15) is 11.3 Å². The van der Waals surface area contributed by atoms with Crippen LogP contribution in [0.5, 0.6) is 0 Å². The van der Waals surface area contributed by atoms with Crippen LogP contribution in [-0.4, -0.2) is 36.1 Å². The number of nitrogens with zero attached hydrogens (tertiary/aromatic N) is 2. The van der Waals surface area contributed by atoms with Crippen LogP contribution in [0, 0.1) is 6.92 Å². The predicted octanol–water partition coefficient (Wildman–Crippen LogP) is 3.37. The second kappa shape index (κ2) is 8.71. The van der Waals surface area contributed by atoms with Crippen LogP contribution >= 0.6 is 36.2 Å². The number of benzene rings is 1. The highest BCUT2D eigenvalue weighted by Gasteiger charge is 2.12. The summed E-state index contributed by atoms with van der Waals surface area (Å²) in [6.07, 6.45) is 0. The van der Waals surface area contributed by atoms with Gasteiger partial charge in [-0.25, -0.2) is 4.98 Å². The molecule has 0 saturated carbocycles. The van der Waals surface area contributed by atoms with Crippen LogP contribution in [0.25, 0.3) is 10.6 Å². The maximum atomic E-state index is 4.77. The van der Waals surface area contributed by atoms with Gasteiger partial charge in [0.2, 0.25) is 0 Å². The molecule has 3 rings (SSSR count). The van der Waals surface area contributed by atoms with Crippen LogP contribution < -0.4 is 5.32 Å². The molecule has 0 unspecified atom stereocenters. The summed E-state index contributed by atoms with van der Waals surface area (Å²) < 4.78 is 0. The maximum absolute atomic E-state index is 4.77. The molecule has 0 spiro atoms. The first-order valence-corrected chi connectivity index (χ1v) is 7.64. The molecule has 0 amide bonds. The van der Waals surface area contributed by atoms with Gasteiger partial charge in [0, 0.05) is 43.7 Å². The Kier molecular flexibility index (Phi) is 7.63. The third-order valence-corrected chi connectivity index (χ3v) is 4.35. The van der Waals surface area contributed by atoms with E-state index in [1.807, 2.05) is 0 Å². The fourth-order valence-electron chi connectivity index (χ4n) is 2.39. The summed E-state index contributed by atoms with van der Waals surface area (Å²) in [5.41, 5.74) is 3.72. The van der Waals surface area contributed by atoms with E-state index < -0.39 is 0 Å². The highest BCUT2D eigenvalue weighted by Crippen LogP contribution is 2.24. The predicted molar refractivity (Wildman–Crippen MR) is 94.9 cm³/mol. The summed E-state index contributed by atoms with van der Waals surface area (Å²) in [4.78, 5) is 7.24. The SMILES string of the molecule is Cc1cccc(-c2nc(CN3CCNCC3)cs2)c1.Cl.Cl. The summed E-state index contributed by atoms with van der Waals surface area (Å²) in [6, 6.07) is 8.56. The second-order valence-corrected chi connectivity index (χ2v) is 5.90. The van der Waals surface area contributed by atoms with Gasteiger partial charge in [-0.15, -0.1) is 36.2 Å². The Labute approximate surface area is 142 Å². The Balaban J connectivity index is 0.00000110. The Hall–Kier alpha value is -0.650.